The van der Waals surface area contributed by atoms with Gasteiger partial charge >= 0.3 is 11.9 Å². The molecule has 2 atom stereocenters. The van der Waals surface area contributed by atoms with Gasteiger partial charge in [0.25, 0.3) is 0 Å². The zero-order chi connectivity index (χ0) is 25.0. The van der Waals surface area contributed by atoms with Gasteiger partial charge in [-0.3, -0.25) is 9.59 Å². The van der Waals surface area contributed by atoms with Crippen molar-refractivity contribution in [1.29, 1.82) is 0 Å². The summed E-state index contributed by atoms with van der Waals surface area (Å²) in [7, 11) is 0. The molecule has 0 radical (unpaired) electrons. The SMILES string of the molecule is CCCC[C@H](NC(=O)CC(Cc1ccccc1)C(=O)OC(C)(C)C)C(=O)OCc1ccccc1. The highest BCUT2D eigenvalue weighted by Gasteiger charge is 2.29. The van der Waals surface area contributed by atoms with E-state index in [-0.39, 0.29) is 18.9 Å². The fraction of sp³-hybridized carbons (Fsp3) is 0.464. The summed E-state index contributed by atoms with van der Waals surface area (Å²) in [6, 6.07) is 18.2. The fourth-order valence-corrected chi connectivity index (χ4v) is 3.49. The Morgan fingerprint density at radius 2 is 1.47 bits per heavy atom. The number of nitrogens with one attached hydrogen (secondary N) is 1. The molecule has 0 fully saturated rings. The highest BCUT2D eigenvalue weighted by atomic mass is 16.6. The minimum absolute atomic E-state index is 0.0710. The highest BCUT2D eigenvalue weighted by Crippen LogP contribution is 2.19. The van der Waals surface area contributed by atoms with E-state index in [1.54, 1.807) is 20.8 Å². The molecule has 184 valence electrons. The molecule has 1 unspecified atom stereocenters. The van der Waals surface area contributed by atoms with Crippen molar-refractivity contribution >= 4 is 17.8 Å². The second kappa shape index (κ2) is 13.5. The predicted octanol–water partition coefficient (Wildman–Crippen LogP) is 5.00. The third kappa shape index (κ3) is 10.2. The van der Waals surface area contributed by atoms with Gasteiger partial charge in [-0.1, -0.05) is 80.4 Å². The standard InChI is InChI=1S/C28H37NO5/c1-5-6-17-24(27(32)33-20-22-15-11-8-12-16-22)29-25(30)19-23(26(31)34-28(2,3)4)18-21-13-9-7-10-14-21/h7-16,23-24H,5-6,17-20H2,1-4H3,(H,29,30)/t23?,24-/m0/s1. The van der Waals surface area contributed by atoms with Gasteiger partial charge in [-0.15, -0.1) is 0 Å². The molecule has 1 N–H and O–H groups in total. The Hall–Kier alpha value is -3.15. The summed E-state index contributed by atoms with van der Waals surface area (Å²) in [5.41, 5.74) is 1.16. The maximum absolute atomic E-state index is 12.9. The van der Waals surface area contributed by atoms with Crippen molar-refractivity contribution in [2.24, 2.45) is 5.92 Å². The minimum Gasteiger partial charge on any atom is -0.460 e. The van der Waals surface area contributed by atoms with E-state index < -0.39 is 29.5 Å². The van der Waals surface area contributed by atoms with Gasteiger partial charge in [0.15, 0.2) is 0 Å². The number of hydrogen-bond donors (Lipinski definition) is 1. The zero-order valence-electron chi connectivity index (χ0n) is 20.7. The van der Waals surface area contributed by atoms with Crippen molar-refractivity contribution in [1.82, 2.24) is 5.32 Å². The number of hydrogen-bond acceptors (Lipinski definition) is 5. The molecule has 0 saturated heterocycles. The summed E-state index contributed by atoms with van der Waals surface area (Å²) >= 11 is 0. The molecule has 0 aliphatic heterocycles. The average molecular weight is 468 g/mol. The van der Waals surface area contributed by atoms with E-state index in [0.29, 0.717) is 12.8 Å². The third-order valence-electron chi connectivity index (χ3n) is 5.19. The quantitative estimate of drug-likeness (QED) is 0.445. The van der Waals surface area contributed by atoms with Crippen LogP contribution in [0.15, 0.2) is 60.7 Å². The van der Waals surface area contributed by atoms with E-state index in [1.807, 2.05) is 67.6 Å². The molecule has 1 amide bonds. The van der Waals surface area contributed by atoms with Gasteiger partial charge in [0, 0.05) is 6.42 Å². The van der Waals surface area contributed by atoms with Crippen molar-refractivity contribution in [3.8, 4) is 0 Å². The number of esters is 2. The molecular weight excluding hydrogens is 430 g/mol. The van der Waals surface area contributed by atoms with Crippen LogP contribution < -0.4 is 5.32 Å². The Labute approximate surface area is 203 Å². The fourth-order valence-electron chi connectivity index (χ4n) is 3.49. The summed E-state index contributed by atoms with van der Waals surface area (Å²) in [5, 5.41) is 2.80. The van der Waals surface area contributed by atoms with E-state index in [1.165, 1.54) is 0 Å². The number of amides is 1. The maximum atomic E-state index is 12.9. The first-order valence-corrected chi connectivity index (χ1v) is 11.9. The molecule has 6 heteroatoms. The van der Waals surface area contributed by atoms with E-state index >= 15 is 0 Å². The molecule has 0 heterocycles. The van der Waals surface area contributed by atoms with Gasteiger partial charge in [-0.2, -0.15) is 0 Å². The molecule has 6 nitrogen and oxygen atoms in total. The normalized spacial score (nSPS) is 12.9. The van der Waals surface area contributed by atoms with Gasteiger partial charge in [0.1, 0.15) is 18.2 Å². The smallest absolute Gasteiger partial charge is 0.328 e. The summed E-state index contributed by atoms with van der Waals surface area (Å²) in [5.74, 6) is -1.93. The molecule has 34 heavy (non-hydrogen) atoms. The second-order valence-electron chi connectivity index (χ2n) is 9.48. The van der Waals surface area contributed by atoms with Crippen molar-refractivity contribution in [3.63, 3.8) is 0 Å². The second-order valence-corrected chi connectivity index (χ2v) is 9.48. The van der Waals surface area contributed by atoms with Gasteiger partial charge < -0.3 is 14.8 Å². The first-order valence-electron chi connectivity index (χ1n) is 11.9. The van der Waals surface area contributed by atoms with Crippen molar-refractivity contribution in [3.05, 3.63) is 71.8 Å². The first kappa shape index (κ1) is 27.1. The summed E-state index contributed by atoms with van der Waals surface area (Å²) < 4.78 is 11.0. The van der Waals surface area contributed by atoms with E-state index in [0.717, 1.165) is 24.0 Å². The van der Waals surface area contributed by atoms with Gasteiger partial charge in [-0.05, 0) is 44.7 Å². The molecule has 0 spiro atoms. The molecule has 0 saturated carbocycles. The van der Waals surface area contributed by atoms with Crippen molar-refractivity contribution in [2.45, 2.75) is 78.0 Å². The number of unbranched alkanes of at least 4 members (excludes halogenated alkanes) is 1. The Bertz CT molecular complexity index is 905. The molecular formula is C28H37NO5. The molecule has 0 aliphatic rings. The summed E-state index contributed by atoms with van der Waals surface area (Å²) in [6.07, 6.45) is 2.43. The van der Waals surface area contributed by atoms with Gasteiger partial charge in [-0.25, -0.2) is 4.79 Å². The van der Waals surface area contributed by atoms with E-state index in [9.17, 15) is 14.4 Å². The number of rotatable bonds is 12. The summed E-state index contributed by atoms with van der Waals surface area (Å²) in [4.78, 5) is 38.5. The topological polar surface area (TPSA) is 81.7 Å². The summed E-state index contributed by atoms with van der Waals surface area (Å²) in [6.45, 7) is 7.56. The lowest BCUT2D eigenvalue weighted by Gasteiger charge is -2.24. The maximum Gasteiger partial charge on any atom is 0.328 e. The van der Waals surface area contributed by atoms with Crippen LogP contribution in [0.4, 0.5) is 0 Å². The molecule has 2 aromatic carbocycles. The molecule has 0 aliphatic carbocycles. The first-order chi connectivity index (χ1) is 16.2. The van der Waals surface area contributed by atoms with E-state index in [4.69, 9.17) is 9.47 Å². The lowest BCUT2D eigenvalue weighted by atomic mass is 9.95. The number of carbonyl (C=O) groups excluding carboxylic acids is 3. The molecule has 0 bridgehead atoms. The van der Waals surface area contributed by atoms with Gasteiger partial charge in [0.2, 0.25) is 5.91 Å². The Morgan fingerprint density at radius 3 is 2.03 bits per heavy atom. The number of carbonyl (C=O) groups is 3. The predicted molar refractivity (Wildman–Crippen MR) is 132 cm³/mol. The van der Waals surface area contributed by atoms with E-state index in [2.05, 4.69) is 5.32 Å². The number of ether oxygens (including phenoxy) is 2. The van der Waals surface area contributed by atoms with Crippen LogP contribution in [0.25, 0.3) is 0 Å². The van der Waals surface area contributed by atoms with Crippen molar-refractivity contribution < 1.29 is 23.9 Å². The molecule has 0 aromatic heterocycles. The van der Waals surface area contributed by atoms with Crippen LogP contribution in [0.1, 0.15) is 64.5 Å². The van der Waals surface area contributed by atoms with Crippen LogP contribution in [0.3, 0.4) is 0 Å². The lowest BCUT2D eigenvalue weighted by molar-refractivity contribution is -0.161. The van der Waals surface area contributed by atoms with Crippen LogP contribution in [0.5, 0.6) is 0 Å². The van der Waals surface area contributed by atoms with Crippen LogP contribution in [0, 0.1) is 5.92 Å². The minimum atomic E-state index is -0.757. The zero-order valence-corrected chi connectivity index (χ0v) is 20.7. The molecule has 2 rings (SSSR count). The van der Waals surface area contributed by atoms with Gasteiger partial charge in [0.05, 0.1) is 5.92 Å². The third-order valence-corrected chi connectivity index (χ3v) is 5.19. The van der Waals surface area contributed by atoms with Crippen LogP contribution in [-0.2, 0) is 36.9 Å². The Morgan fingerprint density at radius 1 is 0.882 bits per heavy atom. The Balaban J connectivity index is 2.05. The van der Waals surface area contributed by atoms with Crippen molar-refractivity contribution in [2.75, 3.05) is 0 Å². The number of benzene rings is 2. The largest absolute Gasteiger partial charge is 0.460 e. The highest BCUT2D eigenvalue weighted by molar-refractivity contribution is 5.87. The van der Waals surface area contributed by atoms with Crippen LogP contribution >= 0.6 is 0 Å². The lowest BCUT2D eigenvalue weighted by Crippen LogP contribution is -2.43. The van der Waals surface area contributed by atoms with Crippen LogP contribution in [0.2, 0.25) is 0 Å². The average Bonchev–Trinajstić information content (AvgIpc) is 2.80. The Kier molecular flexibility index (Phi) is 10.8. The molecule has 2 aromatic rings. The van der Waals surface area contributed by atoms with Crippen LogP contribution in [-0.4, -0.2) is 29.5 Å². The monoisotopic (exact) mass is 467 g/mol.